The van der Waals surface area contributed by atoms with Crippen LogP contribution >= 0.6 is 0 Å². The molecular formula is C12H17FN2O2. The van der Waals surface area contributed by atoms with E-state index in [1.165, 1.54) is 12.3 Å². The summed E-state index contributed by atoms with van der Waals surface area (Å²) in [4.78, 5) is 5.74. The molecule has 0 aromatic carbocycles. The van der Waals surface area contributed by atoms with Gasteiger partial charge in [0.15, 0.2) is 11.6 Å². The molecule has 1 fully saturated rings. The van der Waals surface area contributed by atoms with Crippen molar-refractivity contribution in [2.75, 3.05) is 18.5 Å². The lowest BCUT2D eigenvalue weighted by Crippen LogP contribution is -2.37. The Morgan fingerprint density at radius 2 is 2.24 bits per heavy atom. The molecule has 0 spiro atoms. The van der Waals surface area contributed by atoms with Crippen LogP contribution in [0.3, 0.4) is 0 Å². The maximum Gasteiger partial charge on any atom is 0.171 e. The molecule has 4 nitrogen and oxygen atoms in total. The Bertz CT molecular complexity index is 394. The van der Waals surface area contributed by atoms with Gasteiger partial charge in [-0.2, -0.15) is 0 Å². The molecule has 1 aromatic heterocycles. The third kappa shape index (κ3) is 2.56. The van der Waals surface area contributed by atoms with E-state index in [1.54, 1.807) is 11.9 Å². The number of anilines is 1. The van der Waals surface area contributed by atoms with Crippen LogP contribution in [-0.4, -0.2) is 34.9 Å². The van der Waals surface area contributed by atoms with E-state index in [0.717, 1.165) is 12.8 Å². The Hall–Kier alpha value is -1.20. The average molecular weight is 240 g/mol. The molecule has 0 saturated heterocycles. The Morgan fingerprint density at radius 1 is 1.53 bits per heavy atom. The van der Waals surface area contributed by atoms with Crippen molar-refractivity contribution < 1.29 is 14.6 Å². The first-order valence-corrected chi connectivity index (χ1v) is 5.75. The first kappa shape index (κ1) is 12.3. The second-order valence-corrected chi connectivity index (χ2v) is 4.64. The van der Waals surface area contributed by atoms with Crippen LogP contribution in [0.5, 0.6) is 0 Å². The molecular weight excluding hydrogens is 223 g/mol. The molecule has 2 N–H and O–H groups in total. The summed E-state index contributed by atoms with van der Waals surface area (Å²) in [6, 6.07) is 1.47. The number of aliphatic hydroxyl groups is 2. The van der Waals surface area contributed by atoms with Crippen LogP contribution in [0, 0.1) is 11.7 Å². The molecule has 94 valence electrons. The molecule has 0 atom stereocenters. The molecule has 1 heterocycles. The highest BCUT2D eigenvalue weighted by molar-refractivity contribution is 5.42. The van der Waals surface area contributed by atoms with E-state index < -0.39 is 5.82 Å². The van der Waals surface area contributed by atoms with Gasteiger partial charge in [-0.25, -0.2) is 9.37 Å². The van der Waals surface area contributed by atoms with Crippen molar-refractivity contribution in [2.45, 2.75) is 25.6 Å². The Morgan fingerprint density at radius 3 is 2.82 bits per heavy atom. The van der Waals surface area contributed by atoms with E-state index in [1.807, 2.05) is 0 Å². The number of rotatable bonds is 4. The molecule has 0 bridgehead atoms. The van der Waals surface area contributed by atoms with Crippen molar-refractivity contribution in [1.82, 2.24) is 4.98 Å². The number of nitrogens with zero attached hydrogens (tertiary/aromatic N) is 2. The van der Waals surface area contributed by atoms with Crippen molar-refractivity contribution in [3.05, 3.63) is 23.6 Å². The standard InChI is InChI=1S/C12H17FN2O2/c1-15(6-8-4-10(17)5-8)12-11(13)9(7-16)2-3-14-12/h2-3,8,10,16-17H,4-7H2,1H3. The Balaban J connectivity index is 2.05. The van der Waals surface area contributed by atoms with E-state index >= 15 is 0 Å². The fraction of sp³-hybridized carbons (Fsp3) is 0.583. The smallest absolute Gasteiger partial charge is 0.171 e. The van der Waals surface area contributed by atoms with Gasteiger partial charge in [-0.1, -0.05) is 0 Å². The summed E-state index contributed by atoms with van der Waals surface area (Å²) in [5.41, 5.74) is 0.260. The average Bonchev–Trinajstić information content (AvgIpc) is 2.27. The molecule has 0 radical (unpaired) electrons. The minimum atomic E-state index is -0.461. The van der Waals surface area contributed by atoms with Crippen molar-refractivity contribution in [3.8, 4) is 0 Å². The Kier molecular flexibility index (Phi) is 3.59. The Labute approximate surface area is 99.7 Å². The fourth-order valence-electron chi connectivity index (χ4n) is 2.18. The van der Waals surface area contributed by atoms with Crippen molar-refractivity contribution in [3.63, 3.8) is 0 Å². The van der Waals surface area contributed by atoms with E-state index in [9.17, 15) is 9.50 Å². The summed E-state index contributed by atoms with van der Waals surface area (Å²) in [6.45, 7) is 0.354. The largest absolute Gasteiger partial charge is 0.393 e. The normalized spacial score (nSPS) is 23.3. The summed E-state index contributed by atoms with van der Waals surface area (Å²) in [6.07, 6.45) is 2.84. The summed E-state index contributed by atoms with van der Waals surface area (Å²) in [7, 11) is 1.78. The zero-order valence-corrected chi connectivity index (χ0v) is 9.80. The number of hydrogen-bond acceptors (Lipinski definition) is 4. The molecule has 2 rings (SSSR count). The third-order valence-electron chi connectivity index (χ3n) is 3.23. The van der Waals surface area contributed by atoms with Crippen LogP contribution in [0.15, 0.2) is 12.3 Å². The molecule has 0 amide bonds. The van der Waals surface area contributed by atoms with Crippen LogP contribution in [-0.2, 0) is 6.61 Å². The van der Waals surface area contributed by atoms with E-state index in [-0.39, 0.29) is 24.1 Å². The number of pyridine rings is 1. The van der Waals surface area contributed by atoms with Crippen LogP contribution in [0.4, 0.5) is 10.2 Å². The molecule has 5 heteroatoms. The summed E-state index contributed by atoms with van der Waals surface area (Å²) in [5, 5.41) is 18.2. The number of halogens is 1. The van der Waals surface area contributed by atoms with Crippen LogP contribution in [0.1, 0.15) is 18.4 Å². The van der Waals surface area contributed by atoms with Gasteiger partial charge in [0.25, 0.3) is 0 Å². The van der Waals surface area contributed by atoms with Gasteiger partial charge in [-0.3, -0.25) is 0 Å². The van der Waals surface area contributed by atoms with Gasteiger partial charge in [0.2, 0.25) is 0 Å². The number of aliphatic hydroxyl groups excluding tert-OH is 2. The lowest BCUT2D eigenvalue weighted by atomic mass is 9.82. The summed E-state index contributed by atoms with van der Waals surface area (Å²) < 4.78 is 13.9. The maximum absolute atomic E-state index is 13.9. The van der Waals surface area contributed by atoms with E-state index in [0.29, 0.717) is 12.5 Å². The predicted octanol–water partition coefficient (Wildman–Crippen LogP) is 0.920. The lowest BCUT2D eigenvalue weighted by Gasteiger charge is -2.34. The number of hydrogen-bond donors (Lipinski definition) is 2. The van der Waals surface area contributed by atoms with Gasteiger partial charge in [0, 0.05) is 25.4 Å². The molecule has 1 aromatic rings. The summed E-state index contributed by atoms with van der Waals surface area (Å²) >= 11 is 0. The van der Waals surface area contributed by atoms with Gasteiger partial charge >= 0.3 is 0 Å². The van der Waals surface area contributed by atoms with Gasteiger partial charge in [0.1, 0.15) is 0 Å². The van der Waals surface area contributed by atoms with Crippen molar-refractivity contribution >= 4 is 5.82 Å². The zero-order valence-electron chi connectivity index (χ0n) is 9.80. The first-order valence-electron chi connectivity index (χ1n) is 5.75. The van der Waals surface area contributed by atoms with Crippen LogP contribution in [0.2, 0.25) is 0 Å². The topological polar surface area (TPSA) is 56.6 Å². The molecule has 0 unspecified atom stereocenters. The van der Waals surface area contributed by atoms with Crippen LogP contribution < -0.4 is 4.90 Å². The van der Waals surface area contributed by atoms with Gasteiger partial charge in [0.05, 0.1) is 12.7 Å². The quantitative estimate of drug-likeness (QED) is 0.821. The predicted molar refractivity (Wildman–Crippen MR) is 62.1 cm³/mol. The SMILES string of the molecule is CN(CC1CC(O)C1)c1nccc(CO)c1F. The lowest BCUT2D eigenvalue weighted by molar-refractivity contribution is 0.0464. The molecule has 1 aliphatic rings. The second-order valence-electron chi connectivity index (χ2n) is 4.64. The maximum atomic E-state index is 13.9. The van der Waals surface area contributed by atoms with Crippen LogP contribution in [0.25, 0.3) is 0 Å². The molecule has 1 aliphatic carbocycles. The van der Waals surface area contributed by atoms with Crippen molar-refractivity contribution in [2.24, 2.45) is 5.92 Å². The van der Waals surface area contributed by atoms with E-state index in [2.05, 4.69) is 4.98 Å². The van der Waals surface area contributed by atoms with E-state index in [4.69, 9.17) is 5.11 Å². The van der Waals surface area contributed by atoms with Gasteiger partial charge in [-0.15, -0.1) is 0 Å². The summed E-state index contributed by atoms with van der Waals surface area (Å²) in [5.74, 6) is 0.198. The molecule has 0 aliphatic heterocycles. The zero-order chi connectivity index (χ0) is 12.4. The van der Waals surface area contributed by atoms with Crippen molar-refractivity contribution in [1.29, 1.82) is 0 Å². The van der Waals surface area contributed by atoms with Gasteiger partial charge < -0.3 is 15.1 Å². The highest BCUT2D eigenvalue weighted by Crippen LogP contribution is 2.29. The number of aromatic nitrogens is 1. The monoisotopic (exact) mass is 240 g/mol. The molecule has 1 saturated carbocycles. The first-order chi connectivity index (χ1) is 8.11. The second kappa shape index (κ2) is 4.98. The minimum Gasteiger partial charge on any atom is -0.393 e. The van der Waals surface area contributed by atoms with Gasteiger partial charge in [-0.05, 0) is 24.8 Å². The third-order valence-corrected chi connectivity index (χ3v) is 3.23. The molecule has 17 heavy (non-hydrogen) atoms. The minimum absolute atomic E-state index is 0.199. The fourth-order valence-corrected chi connectivity index (χ4v) is 2.18. The highest BCUT2D eigenvalue weighted by atomic mass is 19.1. The highest BCUT2D eigenvalue weighted by Gasteiger charge is 2.28.